The van der Waals surface area contributed by atoms with Gasteiger partial charge < -0.3 is 9.73 Å². The lowest BCUT2D eigenvalue weighted by atomic mass is 10.1. The Hall–Kier alpha value is -2.54. The van der Waals surface area contributed by atoms with Crippen LogP contribution in [-0.4, -0.2) is 21.1 Å². The van der Waals surface area contributed by atoms with Crippen molar-refractivity contribution in [3.05, 3.63) is 48.5 Å². The maximum absolute atomic E-state index is 11.9. The van der Waals surface area contributed by atoms with Gasteiger partial charge in [-0.15, -0.1) is 10.2 Å². The van der Waals surface area contributed by atoms with Gasteiger partial charge in [0.15, 0.2) is 10.8 Å². The molecule has 0 aliphatic rings. The number of aromatic nitrogens is 3. The molecule has 0 aliphatic carbocycles. The maximum atomic E-state index is 11.9. The van der Waals surface area contributed by atoms with Crippen LogP contribution in [0.25, 0.3) is 10.8 Å². The van der Waals surface area contributed by atoms with Crippen LogP contribution in [0.2, 0.25) is 0 Å². The van der Waals surface area contributed by atoms with Crippen molar-refractivity contribution in [1.82, 2.24) is 15.2 Å². The molecule has 1 N–H and O–H groups in total. The van der Waals surface area contributed by atoms with Crippen LogP contribution in [0.1, 0.15) is 12.0 Å². The standard InChI is InChI=1S/C14H12N4O2S/c19-12(6-5-10-3-1-7-15-9-10)16-14-18-17-13(21-14)11-4-2-8-20-11/h1-4,7-9H,5-6H2,(H,16,18,19). The number of rotatable bonds is 5. The second-order valence-corrected chi connectivity index (χ2v) is 5.28. The normalized spacial score (nSPS) is 10.5. The number of aryl methyl sites for hydroxylation is 1. The molecule has 3 aromatic rings. The first-order valence-corrected chi connectivity index (χ1v) is 7.19. The second-order valence-electron chi connectivity index (χ2n) is 4.30. The van der Waals surface area contributed by atoms with Crippen molar-refractivity contribution in [2.24, 2.45) is 0 Å². The molecule has 1 amide bonds. The fourth-order valence-electron chi connectivity index (χ4n) is 1.76. The molecule has 3 heterocycles. The van der Waals surface area contributed by atoms with Crippen LogP contribution in [0.15, 0.2) is 47.3 Å². The largest absolute Gasteiger partial charge is 0.462 e. The summed E-state index contributed by atoms with van der Waals surface area (Å²) in [5.41, 5.74) is 1.03. The van der Waals surface area contributed by atoms with Gasteiger partial charge in [0.2, 0.25) is 11.0 Å². The maximum Gasteiger partial charge on any atom is 0.226 e. The summed E-state index contributed by atoms with van der Waals surface area (Å²) in [6, 6.07) is 7.38. The number of carbonyl (C=O) groups excluding carboxylic acids is 1. The van der Waals surface area contributed by atoms with Crippen LogP contribution in [0.4, 0.5) is 5.13 Å². The summed E-state index contributed by atoms with van der Waals surface area (Å²) in [7, 11) is 0. The molecule has 21 heavy (non-hydrogen) atoms. The lowest BCUT2D eigenvalue weighted by Gasteiger charge is -2.01. The van der Waals surface area contributed by atoms with E-state index in [1.165, 1.54) is 11.3 Å². The van der Waals surface area contributed by atoms with Crippen molar-refractivity contribution in [2.45, 2.75) is 12.8 Å². The fraction of sp³-hybridized carbons (Fsp3) is 0.143. The van der Waals surface area contributed by atoms with Gasteiger partial charge in [0.05, 0.1) is 6.26 Å². The first-order valence-electron chi connectivity index (χ1n) is 6.37. The number of furan rings is 1. The number of nitrogens with zero attached hydrogens (tertiary/aromatic N) is 3. The molecule has 3 aromatic heterocycles. The molecule has 3 rings (SSSR count). The molecule has 0 unspecified atom stereocenters. The summed E-state index contributed by atoms with van der Waals surface area (Å²) >= 11 is 1.28. The number of nitrogens with one attached hydrogen (secondary N) is 1. The number of anilines is 1. The SMILES string of the molecule is O=C(CCc1cccnc1)Nc1nnc(-c2ccco2)s1. The van der Waals surface area contributed by atoms with Crippen LogP contribution < -0.4 is 5.32 Å². The third-order valence-corrected chi connectivity index (χ3v) is 3.62. The Balaban J connectivity index is 1.55. The van der Waals surface area contributed by atoms with Gasteiger partial charge >= 0.3 is 0 Å². The third kappa shape index (κ3) is 3.51. The summed E-state index contributed by atoms with van der Waals surface area (Å²) in [5.74, 6) is 0.546. The van der Waals surface area contributed by atoms with Gasteiger partial charge in [0.25, 0.3) is 0 Å². The van der Waals surface area contributed by atoms with E-state index >= 15 is 0 Å². The molecule has 0 saturated heterocycles. The molecule has 0 radical (unpaired) electrons. The van der Waals surface area contributed by atoms with Gasteiger partial charge in [0, 0.05) is 18.8 Å². The van der Waals surface area contributed by atoms with Crippen LogP contribution >= 0.6 is 11.3 Å². The zero-order chi connectivity index (χ0) is 14.5. The topological polar surface area (TPSA) is 80.9 Å². The number of carbonyl (C=O) groups is 1. The van der Waals surface area contributed by atoms with Gasteiger partial charge in [0.1, 0.15) is 0 Å². The van der Waals surface area contributed by atoms with E-state index in [-0.39, 0.29) is 5.91 Å². The van der Waals surface area contributed by atoms with Crippen molar-refractivity contribution in [2.75, 3.05) is 5.32 Å². The summed E-state index contributed by atoms with van der Waals surface area (Å²) in [4.78, 5) is 15.9. The van der Waals surface area contributed by atoms with Gasteiger partial charge in [-0.05, 0) is 30.2 Å². The van der Waals surface area contributed by atoms with E-state index in [0.29, 0.717) is 28.7 Å². The monoisotopic (exact) mass is 300 g/mol. The molecular formula is C14H12N4O2S. The Morgan fingerprint density at radius 1 is 1.29 bits per heavy atom. The van der Waals surface area contributed by atoms with Gasteiger partial charge in [-0.25, -0.2) is 0 Å². The summed E-state index contributed by atoms with van der Waals surface area (Å²) < 4.78 is 5.23. The number of hydrogen-bond donors (Lipinski definition) is 1. The Kier molecular flexibility index (Phi) is 4.02. The number of amides is 1. The lowest BCUT2D eigenvalue weighted by Crippen LogP contribution is -2.12. The molecule has 0 saturated carbocycles. The quantitative estimate of drug-likeness (QED) is 0.783. The van der Waals surface area contributed by atoms with Gasteiger partial charge in [-0.1, -0.05) is 17.4 Å². The molecule has 7 heteroatoms. The molecule has 0 aromatic carbocycles. The second kappa shape index (κ2) is 6.27. The van der Waals surface area contributed by atoms with Crippen molar-refractivity contribution in [3.63, 3.8) is 0 Å². The van der Waals surface area contributed by atoms with Crippen molar-refractivity contribution in [3.8, 4) is 10.8 Å². The minimum atomic E-state index is -0.0963. The molecule has 0 spiro atoms. The van der Waals surface area contributed by atoms with Gasteiger partial charge in [-0.2, -0.15) is 0 Å². The first kappa shape index (κ1) is 13.4. The van der Waals surface area contributed by atoms with E-state index in [1.807, 2.05) is 12.1 Å². The van der Waals surface area contributed by atoms with E-state index in [9.17, 15) is 4.79 Å². The van der Waals surface area contributed by atoms with E-state index in [4.69, 9.17) is 4.42 Å². The highest BCUT2D eigenvalue weighted by Gasteiger charge is 2.11. The van der Waals surface area contributed by atoms with Crippen LogP contribution in [0.5, 0.6) is 0 Å². The fourth-order valence-corrected chi connectivity index (χ4v) is 2.49. The van der Waals surface area contributed by atoms with Crippen LogP contribution in [-0.2, 0) is 11.2 Å². The summed E-state index contributed by atoms with van der Waals surface area (Å²) in [6.07, 6.45) is 6.06. The third-order valence-electron chi connectivity index (χ3n) is 2.77. The highest BCUT2D eigenvalue weighted by Crippen LogP contribution is 2.26. The smallest absolute Gasteiger partial charge is 0.226 e. The molecule has 0 fully saturated rings. The minimum absolute atomic E-state index is 0.0963. The molecule has 6 nitrogen and oxygen atoms in total. The predicted molar refractivity (Wildman–Crippen MR) is 78.8 cm³/mol. The zero-order valence-electron chi connectivity index (χ0n) is 11.0. The van der Waals surface area contributed by atoms with Crippen molar-refractivity contribution in [1.29, 1.82) is 0 Å². The molecule has 0 aliphatic heterocycles. The molecule has 106 valence electrons. The lowest BCUT2D eigenvalue weighted by molar-refractivity contribution is -0.116. The van der Waals surface area contributed by atoms with E-state index < -0.39 is 0 Å². The van der Waals surface area contributed by atoms with Crippen molar-refractivity contribution < 1.29 is 9.21 Å². The number of pyridine rings is 1. The highest BCUT2D eigenvalue weighted by molar-refractivity contribution is 7.18. The van der Waals surface area contributed by atoms with Crippen LogP contribution in [0.3, 0.4) is 0 Å². The Labute approximate surface area is 124 Å². The highest BCUT2D eigenvalue weighted by atomic mass is 32.1. The predicted octanol–water partition coefficient (Wildman–Crippen LogP) is 2.76. The molecule has 0 bridgehead atoms. The average Bonchev–Trinajstić information content (AvgIpc) is 3.17. The molecule has 0 atom stereocenters. The Morgan fingerprint density at radius 3 is 3.00 bits per heavy atom. The number of hydrogen-bond acceptors (Lipinski definition) is 6. The van der Waals surface area contributed by atoms with Crippen LogP contribution in [0, 0.1) is 0 Å². The van der Waals surface area contributed by atoms with Crippen molar-refractivity contribution >= 4 is 22.4 Å². The zero-order valence-corrected chi connectivity index (χ0v) is 11.8. The summed E-state index contributed by atoms with van der Waals surface area (Å²) in [5, 5.41) is 11.8. The molecular weight excluding hydrogens is 288 g/mol. The van der Waals surface area contributed by atoms with Gasteiger partial charge in [-0.3, -0.25) is 9.78 Å². The Morgan fingerprint density at radius 2 is 2.24 bits per heavy atom. The first-order chi connectivity index (χ1) is 10.3. The minimum Gasteiger partial charge on any atom is -0.462 e. The summed E-state index contributed by atoms with van der Waals surface area (Å²) in [6.45, 7) is 0. The Bertz CT molecular complexity index is 710. The van der Waals surface area contributed by atoms with E-state index in [0.717, 1.165) is 5.56 Å². The van der Waals surface area contributed by atoms with E-state index in [2.05, 4.69) is 20.5 Å². The van der Waals surface area contributed by atoms with E-state index in [1.54, 1.807) is 30.8 Å². The average molecular weight is 300 g/mol.